The lowest BCUT2D eigenvalue weighted by Crippen LogP contribution is -2.48. The molecule has 0 radical (unpaired) electrons. The molecule has 0 spiro atoms. The largest absolute Gasteiger partial charge is 0.434 e. The molecular formula is C12H17ClF3N3O2S. The van der Waals surface area contributed by atoms with Crippen LogP contribution < -0.4 is 11.1 Å². The van der Waals surface area contributed by atoms with Gasteiger partial charge in [-0.05, 0) is 12.8 Å². The number of nitrogens with one attached hydrogen (secondary N) is 1. The smallest absolute Gasteiger partial charge is 0.381 e. The van der Waals surface area contributed by atoms with Crippen LogP contribution in [0.1, 0.15) is 23.5 Å². The number of aromatic nitrogens is 1. The average molecular weight is 360 g/mol. The van der Waals surface area contributed by atoms with E-state index >= 15 is 0 Å². The van der Waals surface area contributed by atoms with Gasteiger partial charge in [-0.15, -0.1) is 23.7 Å². The molecule has 0 atom stereocenters. The minimum absolute atomic E-state index is 0. The molecule has 2 rings (SSSR count). The second-order valence-electron chi connectivity index (χ2n) is 4.90. The Hall–Kier alpha value is -0.900. The Bertz CT molecular complexity index is 504. The van der Waals surface area contributed by atoms with Gasteiger partial charge in [-0.2, -0.15) is 13.2 Å². The zero-order valence-electron chi connectivity index (χ0n) is 11.6. The maximum Gasteiger partial charge on any atom is 0.434 e. The van der Waals surface area contributed by atoms with E-state index in [9.17, 15) is 18.0 Å². The minimum Gasteiger partial charge on any atom is -0.381 e. The van der Waals surface area contributed by atoms with Crippen molar-refractivity contribution in [3.05, 3.63) is 16.1 Å². The van der Waals surface area contributed by atoms with Crippen LogP contribution in [0.2, 0.25) is 0 Å². The number of nitrogens with two attached hydrogens (primary N) is 1. The van der Waals surface area contributed by atoms with Gasteiger partial charge >= 0.3 is 6.18 Å². The first-order valence-electron chi connectivity index (χ1n) is 6.45. The summed E-state index contributed by atoms with van der Waals surface area (Å²) in [5.74, 6) is -0.253. The number of hydrogen-bond acceptors (Lipinski definition) is 5. The minimum atomic E-state index is -4.46. The highest BCUT2D eigenvalue weighted by Gasteiger charge is 2.39. The Balaban J connectivity index is 0.00000242. The van der Waals surface area contributed by atoms with Crippen molar-refractivity contribution in [2.24, 2.45) is 11.1 Å². The van der Waals surface area contributed by atoms with E-state index in [0.29, 0.717) is 26.1 Å². The van der Waals surface area contributed by atoms with Crippen LogP contribution in [0, 0.1) is 5.41 Å². The fourth-order valence-corrected chi connectivity index (χ4v) is 2.89. The fourth-order valence-electron chi connectivity index (χ4n) is 2.15. The first-order chi connectivity index (χ1) is 9.87. The molecule has 1 aromatic heterocycles. The van der Waals surface area contributed by atoms with Crippen molar-refractivity contribution in [3.8, 4) is 0 Å². The molecule has 1 aliphatic rings. The van der Waals surface area contributed by atoms with Crippen LogP contribution in [0.25, 0.3) is 0 Å². The highest BCUT2D eigenvalue weighted by molar-refractivity contribution is 7.09. The Morgan fingerprint density at radius 2 is 2.09 bits per heavy atom. The van der Waals surface area contributed by atoms with Gasteiger partial charge in [-0.1, -0.05) is 0 Å². The monoisotopic (exact) mass is 359 g/mol. The number of alkyl halides is 3. The SMILES string of the molecule is Cl.NCC1(C(=O)NCc2nc(C(F)(F)F)cs2)CCOCC1. The summed E-state index contributed by atoms with van der Waals surface area (Å²) >= 11 is 0.870. The molecule has 0 bridgehead atoms. The van der Waals surface area contributed by atoms with Crippen LogP contribution in [0.15, 0.2) is 5.38 Å². The summed E-state index contributed by atoms with van der Waals surface area (Å²) in [5.41, 5.74) is 4.07. The fraction of sp³-hybridized carbons (Fsp3) is 0.667. The molecule has 0 saturated carbocycles. The summed E-state index contributed by atoms with van der Waals surface area (Å²) in [6.07, 6.45) is -3.43. The molecule has 1 aromatic rings. The number of nitrogens with zero attached hydrogens (tertiary/aromatic N) is 1. The molecule has 0 aromatic carbocycles. The van der Waals surface area contributed by atoms with Crippen molar-refractivity contribution in [2.75, 3.05) is 19.8 Å². The quantitative estimate of drug-likeness (QED) is 0.861. The van der Waals surface area contributed by atoms with E-state index in [4.69, 9.17) is 10.5 Å². The van der Waals surface area contributed by atoms with Gasteiger partial charge in [0.05, 0.1) is 12.0 Å². The molecule has 2 heterocycles. The third-order valence-electron chi connectivity index (χ3n) is 3.56. The number of carbonyl (C=O) groups excluding carboxylic acids is 1. The molecule has 3 N–H and O–H groups in total. The number of amides is 1. The second kappa shape index (κ2) is 7.58. The van der Waals surface area contributed by atoms with Gasteiger partial charge in [0.25, 0.3) is 0 Å². The Morgan fingerprint density at radius 3 is 2.59 bits per heavy atom. The van der Waals surface area contributed by atoms with Crippen LogP contribution in [-0.2, 0) is 22.3 Å². The second-order valence-corrected chi connectivity index (χ2v) is 5.85. The molecule has 126 valence electrons. The first kappa shape index (κ1) is 19.1. The summed E-state index contributed by atoms with van der Waals surface area (Å²) in [7, 11) is 0. The normalized spacial score (nSPS) is 17.6. The van der Waals surface area contributed by atoms with Gasteiger partial charge < -0.3 is 15.8 Å². The molecule has 10 heteroatoms. The Morgan fingerprint density at radius 1 is 1.45 bits per heavy atom. The van der Waals surface area contributed by atoms with Crippen molar-refractivity contribution in [1.29, 1.82) is 0 Å². The van der Waals surface area contributed by atoms with Crippen LogP contribution in [0.5, 0.6) is 0 Å². The Labute approximate surface area is 135 Å². The van der Waals surface area contributed by atoms with Crippen LogP contribution >= 0.6 is 23.7 Å². The number of ether oxygens (including phenoxy) is 1. The molecule has 0 unspecified atom stereocenters. The topological polar surface area (TPSA) is 77.2 Å². The third kappa shape index (κ3) is 4.31. The van der Waals surface area contributed by atoms with Gasteiger partial charge in [0, 0.05) is 25.1 Å². The highest BCUT2D eigenvalue weighted by Crippen LogP contribution is 2.31. The van der Waals surface area contributed by atoms with E-state index in [-0.39, 0.29) is 36.4 Å². The number of thiazole rings is 1. The van der Waals surface area contributed by atoms with Crippen LogP contribution in [0.3, 0.4) is 0 Å². The van der Waals surface area contributed by atoms with E-state index < -0.39 is 17.3 Å². The van der Waals surface area contributed by atoms with Crippen molar-refractivity contribution in [1.82, 2.24) is 10.3 Å². The predicted molar refractivity (Wildman–Crippen MR) is 77.8 cm³/mol. The number of carbonyl (C=O) groups is 1. The molecule has 5 nitrogen and oxygen atoms in total. The summed E-state index contributed by atoms with van der Waals surface area (Å²) < 4.78 is 42.5. The molecular weight excluding hydrogens is 343 g/mol. The standard InChI is InChI=1S/C12H16F3N3O2S.ClH/c13-12(14,15)8-6-21-9(18-8)5-17-10(19)11(7-16)1-3-20-4-2-11;/h6H,1-5,7,16H2,(H,17,19);1H. The van der Waals surface area contributed by atoms with Gasteiger partial charge in [-0.3, -0.25) is 4.79 Å². The summed E-state index contributed by atoms with van der Waals surface area (Å²) in [6.45, 7) is 1.08. The van der Waals surface area contributed by atoms with Crippen molar-refractivity contribution in [3.63, 3.8) is 0 Å². The van der Waals surface area contributed by atoms with E-state index in [1.807, 2.05) is 0 Å². The predicted octanol–water partition coefficient (Wildman–Crippen LogP) is 1.96. The molecule has 1 amide bonds. The summed E-state index contributed by atoms with van der Waals surface area (Å²) in [4.78, 5) is 15.7. The van der Waals surface area contributed by atoms with Crippen molar-refractivity contribution in [2.45, 2.75) is 25.6 Å². The zero-order chi connectivity index (χ0) is 15.5. The average Bonchev–Trinajstić information content (AvgIpc) is 2.94. The molecule has 22 heavy (non-hydrogen) atoms. The molecule has 1 saturated heterocycles. The number of halogens is 4. The lowest BCUT2D eigenvalue weighted by atomic mass is 9.79. The van der Waals surface area contributed by atoms with Gasteiger partial charge in [-0.25, -0.2) is 4.98 Å². The molecule has 1 fully saturated rings. The summed E-state index contributed by atoms with van der Waals surface area (Å²) in [6, 6.07) is 0. The lowest BCUT2D eigenvalue weighted by Gasteiger charge is -2.34. The number of rotatable bonds is 4. The zero-order valence-corrected chi connectivity index (χ0v) is 13.2. The van der Waals surface area contributed by atoms with E-state index in [0.717, 1.165) is 16.7 Å². The third-order valence-corrected chi connectivity index (χ3v) is 4.41. The Kier molecular flexibility index (Phi) is 6.60. The molecule has 1 aliphatic heterocycles. The van der Waals surface area contributed by atoms with E-state index in [2.05, 4.69) is 10.3 Å². The maximum absolute atomic E-state index is 12.4. The van der Waals surface area contributed by atoms with Crippen LogP contribution in [-0.4, -0.2) is 30.6 Å². The molecule has 0 aliphatic carbocycles. The van der Waals surface area contributed by atoms with Gasteiger partial charge in [0.1, 0.15) is 5.01 Å². The van der Waals surface area contributed by atoms with Gasteiger partial charge in [0.15, 0.2) is 5.69 Å². The number of hydrogen-bond donors (Lipinski definition) is 2. The maximum atomic E-state index is 12.4. The van der Waals surface area contributed by atoms with E-state index in [1.165, 1.54) is 0 Å². The highest BCUT2D eigenvalue weighted by atomic mass is 35.5. The van der Waals surface area contributed by atoms with Crippen molar-refractivity contribution < 1.29 is 22.7 Å². The first-order valence-corrected chi connectivity index (χ1v) is 7.33. The van der Waals surface area contributed by atoms with E-state index in [1.54, 1.807) is 0 Å². The van der Waals surface area contributed by atoms with Crippen LogP contribution in [0.4, 0.5) is 13.2 Å². The summed E-state index contributed by atoms with van der Waals surface area (Å²) in [5, 5.41) is 3.79. The van der Waals surface area contributed by atoms with Crippen molar-refractivity contribution >= 4 is 29.7 Å². The lowest BCUT2D eigenvalue weighted by molar-refractivity contribution is -0.140. The van der Waals surface area contributed by atoms with Gasteiger partial charge in [0.2, 0.25) is 5.91 Å².